The van der Waals surface area contributed by atoms with Crippen LogP contribution in [0.3, 0.4) is 0 Å². The van der Waals surface area contributed by atoms with Gasteiger partial charge < -0.3 is 19.9 Å². The topological polar surface area (TPSA) is 50.7 Å². The second-order valence-electron chi connectivity index (χ2n) is 5.18. The van der Waals surface area contributed by atoms with Gasteiger partial charge in [-0.15, -0.1) is 0 Å². The third-order valence-corrected chi connectivity index (χ3v) is 3.51. The molecule has 1 atom stereocenters. The van der Waals surface area contributed by atoms with Crippen LogP contribution in [0.25, 0.3) is 0 Å². The average molecular weight is 295 g/mol. The van der Waals surface area contributed by atoms with Crippen molar-refractivity contribution in [2.75, 3.05) is 26.9 Å². The molecule has 2 N–H and O–H groups in total. The molecule has 0 fully saturated rings. The summed E-state index contributed by atoms with van der Waals surface area (Å²) < 4.78 is 11.2. The first-order valence-corrected chi connectivity index (χ1v) is 7.87. The van der Waals surface area contributed by atoms with E-state index in [2.05, 4.69) is 25.2 Å². The summed E-state index contributed by atoms with van der Waals surface area (Å²) in [6.07, 6.45) is 4.01. The number of methoxy groups -OCH3 is 1. The van der Waals surface area contributed by atoms with Gasteiger partial charge in [0.25, 0.3) is 0 Å². The number of rotatable bonds is 11. The molecular weight excluding hydrogens is 266 g/mol. The van der Waals surface area contributed by atoms with Crippen molar-refractivity contribution < 1.29 is 14.6 Å². The summed E-state index contributed by atoms with van der Waals surface area (Å²) in [5.74, 6) is 1.58. The first kappa shape index (κ1) is 17.8. The van der Waals surface area contributed by atoms with Crippen molar-refractivity contribution in [1.82, 2.24) is 5.32 Å². The normalized spacial score (nSPS) is 12.2. The van der Waals surface area contributed by atoms with Crippen LogP contribution < -0.4 is 14.8 Å². The summed E-state index contributed by atoms with van der Waals surface area (Å²) in [7, 11) is 1.67. The van der Waals surface area contributed by atoms with Gasteiger partial charge in [-0.2, -0.15) is 0 Å². The molecule has 4 nitrogen and oxygen atoms in total. The largest absolute Gasteiger partial charge is 0.493 e. The van der Waals surface area contributed by atoms with Crippen LogP contribution in [-0.4, -0.2) is 32.0 Å². The third-order valence-electron chi connectivity index (χ3n) is 3.51. The van der Waals surface area contributed by atoms with E-state index in [1.54, 1.807) is 7.11 Å². The number of unbranched alkanes of at least 4 members (excludes halogenated alkanes) is 3. The quantitative estimate of drug-likeness (QED) is 0.615. The molecule has 120 valence electrons. The Bertz CT molecular complexity index is 396. The molecule has 0 heterocycles. The minimum Gasteiger partial charge on any atom is -0.493 e. The molecule has 0 saturated carbocycles. The lowest BCUT2D eigenvalue weighted by molar-refractivity contribution is 0.268. The summed E-state index contributed by atoms with van der Waals surface area (Å²) in [6.45, 7) is 6.14. The maximum Gasteiger partial charge on any atom is 0.161 e. The van der Waals surface area contributed by atoms with Crippen LogP contribution in [0.1, 0.15) is 51.1 Å². The number of benzene rings is 1. The van der Waals surface area contributed by atoms with Crippen molar-refractivity contribution in [2.24, 2.45) is 0 Å². The average Bonchev–Trinajstić information content (AvgIpc) is 2.51. The fourth-order valence-corrected chi connectivity index (χ4v) is 2.25. The summed E-state index contributed by atoms with van der Waals surface area (Å²) in [4.78, 5) is 0. The smallest absolute Gasteiger partial charge is 0.161 e. The first-order valence-electron chi connectivity index (χ1n) is 7.87. The summed E-state index contributed by atoms with van der Waals surface area (Å²) in [6, 6.07) is 6.40. The Morgan fingerprint density at radius 3 is 2.57 bits per heavy atom. The van der Waals surface area contributed by atoms with Gasteiger partial charge in [0.05, 0.1) is 13.7 Å². The van der Waals surface area contributed by atoms with Crippen molar-refractivity contribution >= 4 is 0 Å². The van der Waals surface area contributed by atoms with Crippen LogP contribution in [-0.2, 0) is 0 Å². The zero-order valence-electron chi connectivity index (χ0n) is 13.5. The molecule has 1 aromatic rings. The van der Waals surface area contributed by atoms with E-state index in [0.29, 0.717) is 12.6 Å². The highest BCUT2D eigenvalue weighted by molar-refractivity contribution is 5.43. The fourth-order valence-electron chi connectivity index (χ4n) is 2.25. The Morgan fingerprint density at radius 1 is 1.14 bits per heavy atom. The second-order valence-corrected chi connectivity index (χ2v) is 5.18. The van der Waals surface area contributed by atoms with Crippen LogP contribution in [0.4, 0.5) is 0 Å². The zero-order valence-corrected chi connectivity index (χ0v) is 13.5. The van der Waals surface area contributed by atoms with Crippen LogP contribution in [0.2, 0.25) is 0 Å². The minimum absolute atomic E-state index is 0.278. The Labute approximate surface area is 128 Å². The number of hydrogen-bond acceptors (Lipinski definition) is 4. The number of ether oxygens (including phenoxy) is 2. The monoisotopic (exact) mass is 295 g/mol. The fraction of sp³-hybridized carbons (Fsp3) is 0.647. The highest BCUT2D eigenvalue weighted by atomic mass is 16.5. The van der Waals surface area contributed by atoms with Gasteiger partial charge in [-0.25, -0.2) is 0 Å². The Kier molecular flexibility index (Phi) is 8.87. The minimum atomic E-state index is 0.278. The lowest BCUT2D eigenvalue weighted by atomic mass is 10.1. The van der Waals surface area contributed by atoms with Crippen molar-refractivity contribution in [2.45, 2.75) is 45.6 Å². The van der Waals surface area contributed by atoms with Gasteiger partial charge in [0.2, 0.25) is 0 Å². The van der Waals surface area contributed by atoms with Crippen molar-refractivity contribution in [1.29, 1.82) is 0 Å². The SMILES string of the molecule is CCNC(C)c1ccc(OCCCCCCO)c(OC)c1. The van der Waals surface area contributed by atoms with E-state index >= 15 is 0 Å². The van der Waals surface area contributed by atoms with Crippen molar-refractivity contribution in [3.8, 4) is 11.5 Å². The molecule has 4 heteroatoms. The van der Waals surface area contributed by atoms with E-state index in [4.69, 9.17) is 14.6 Å². The number of hydrogen-bond donors (Lipinski definition) is 2. The summed E-state index contributed by atoms with van der Waals surface area (Å²) in [5, 5.41) is 12.1. The Hall–Kier alpha value is -1.26. The molecule has 0 aromatic heterocycles. The molecule has 1 rings (SSSR count). The molecule has 0 amide bonds. The van der Waals surface area contributed by atoms with E-state index in [0.717, 1.165) is 43.7 Å². The second kappa shape index (κ2) is 10.5. The van der Waals surface area contributed by atoms with Crippen molar-refractivity contribution in [3.63, 3.8) is 0 Å². The Balaban J connectivity index is 2.50. The zero-order chi connectivity index (χ0) is 15.5. The molecule has 0 bridgehead atoms. The standard InChI is InChI=1S/C17H29NO3/c1-4-18-14(2)15-9-10-16(17(13-15)20-3)21-12-8-6-5-7-11-19/h9-10,13-14,18-19H,4-8,11-12H2,1-3H3. The molecule has 0 radical (unpaired) electrons. The predicted molar refractivity (Wildman–Crippen MR) is 86.1 cm³/mol. The summed E-state index contributed by atoms with van der Waals surface area (Å²) >= 11 is 0. The molecule has 0 aliphatic rings. The van der Waals surface area contributed by atoms with Crippen LogP contribution >= 0.6 is 0 Å². The third kappa shape index (κ3) is 6.36. The highest BCUT2D eigenvalue weighted by Gasteiger charge is 2.09. The van der Waals surface area contributed by atoms with E-state index in [1.165, 1.54) is 5.56 Å². The number of aliphatic hydroxyl groups is 1. The van der Waals surface area contributed by atoms with E-state index in [9.17, 15) is 0 Å². The molecule has 1 unspecified atom stereocenters. The van der Waals surface area contributed by atoms with Gasteiger partial charge in [-0.3, -0.25) is 0 Å². The van der Waals surface area contributed by atoms with E-state index in [1.807, 2.05) is 12.1 Å². The van der Waals surface area contributed by atoms with Gasteiger partial charge >= 0.3 is 0 Å². The lowest BCUT2D eigenvalue weighted by Crippen LogP contribution is -2.17. The maximum absolute atomic E-state index is 8.73. The van der Waals surface area contributed by atoms with Gasteiger partial charge in [-0.1, -0.05) is 19.4 Å². The van der Waals surface area contributed by atoms with Gasteiger partial charge in [0.15, 0.2) is 11.5 Å². The Morgan fingerprint density at radius 2 is 1.90 bits per heavy atom. The predicted octanol–water partition coefficient (Wildman–Crippen LogP) is 3.30. The molecule has 0 aliphatic heterocycles. The van der Waals surface area contributed by atoms with Gasteiger partial charge in [-0.05, 0) is 50.4 Å². The van der Waals surface area contributed by atoms with Gasteiger partial charge in [0, 0.05) is 12.6 Å². The molecule has 0 aliphatic carbocycles. The highest BCUT2D eigenvalue weighted by Crippen LogP contribution is 2.30. The number of nitrogens with one attached hydrogen (secondary N) is 1. The summed E-state index contributed by atoms with van der Waals surface area (Å²) in [5.41, 5.74) is 1.20. The molecule has 1 aromatic carbocycles. The van der Waals surface area contributed by atoms with Crippen molar-refractivity contribution in [3.05, 3.63) is 23.8 Å². The van der Waals surface area contributed by atoms with Crippen LogP contribution in [0.5, 0.6) is 11.5 Å². The maximum atomic E-state index is 8.73. The molecule has 0 spiro atoms. The lowest BCUT2D eigenvalue weighted by Gasteiger charge is -2.16. The van der Waals surface area contributed by atoms with Crippen LogP contribution in [0, 0.1) is 0 Å². The van der Waals surface area contributed by atoms with E-state index < -0.39 is 0 Å². The molecular formula is C17H29NO3. The molecule has 0 saturated heterocycles. The van der Waals surface area contributed by atoms with Gasteiger partial charge in [0.1, 0.15) is 0 Å². The molecule has 21 heavy (non-hydrogen) atoms. The van der Waals surface area contributed by atoms with Crippen LogP contribution in [0.15, 0.2) is 18.2 Å². The first-order chi connectivity index (χ1) is 10.2. The number of aliphatic hydroxyl groups excluding tert-OH is 1. The van der Waals surface area contributed by atoms with E-state index in [-0.39, 0.29) is 6.61 Å².